The number of rotatable bonds is 6. The molecule has 0 atom stereocenters. The average molecular weight is 462 g/mol. The number of hydrogen-bond donors (Lipinski definition) is 2. The number of hydrogen-bond acceptors (Lipinski definition) is 5. The summed E-state index contributed by atoms with van der Waals surface area (Å²) in [6, 6.07) is 20.7. The molecule has 1 aromatic heterocycles. The van der Waals surface area contributed by atoms with Crippen molar-refractivity contribution >= 4 is 34.8 Å². The van der Waals surface area contributed by atoms with Gasteiger partial charge in [-0.3, -0.25) is 9.59 Å². The second kappa shape index (κ2) is 9.54. The maximum Gasteiger partial charge on any atom is 0.278 e. The van der Waals surface area contributed by atoms with Gasteiger partial charge in [-0.25, -0.2) is 4.68 Å². The minimum absolute atomic E-state index is 0.152. The Labute approximate surface area is 195 Å². The molecule has 9 heteroatoms. The molecule has 0 aliphatic rings. The van der Waals surface area contributed by atoms with Crippen LogP contribution in [0.3, 0.4) is 0 Å². The number of ether oxygens (including phenoxy) is 1. The summed E-state index contributed by atoms with van der Waals surface area (Å²) in [6.07, 6.45) is 0. The second-order valence-corrected chi connectivity index (χ2v) is 7.53. The molecule has 8 nitrogen and oxygen atoms in total. The molecule has 0 saturated heterocycles. The first kappa shape index (κ1) is 22.0. The van der Waals surface area contributed by atoms with Crippen molar-refractivity contribution in [1.82, 2.24) is 15.0 Å². The van der Waals surface area contributed by atoms with Gasteiger partial charge in [-0.05, 0) is 67.6 Å². The lowest BCUT2D eigenvalue weighted by atomic mass is 10.1. The first-order valence-corrected chi connectivity index (χ1v) is 10.4. The van der Waals surface area contributed by atoms with E-state index in [9.17, 15) is 9.59 Å². The zero-order valence-electron chi connectivity index (χ0n) is 17.9. The molecule has 0 unspecified atom stereocenters. The Balaban J connectivity index is 1.54. The summed E-state index contributed by atoms with van der Waals surface area (Å²) < 4.78 is 6.73. The van der Waals surface area contributed by atoms with Gasteiger partial charge in [-0.2, -0.15) is 0 Å². The largest absolute Gasteiger partial charge is 0.497 e. The number of methoxy groups -OCH3 is 1. The Morgan fingerprint density at radius 3 is 2.30 bits per heavy atom. The normalized spacial score (nSPS) is 10.5. The first-order valence-electron chi connectivity index (χ1n) is 10.0. The minimum atomic E-state index is -0.473. The molecule has 1 heterocycles. The number of para-hydroxylation sites is 1. The van der Waals surface area contributed by atoms with Crippen LogP contribution >= 0.6 is 11.6 Å². The fraction of sp³-hybridized carbons (Fsp3) is 0.0833. The molecule has 0 fully saturated rings. The van der Waals surface area contributed by atoms with E-state index in [2.05, 4.69) is 20.9 Å². The van der Waals surface area contributed by atoms with E-state index in [1.54, 1.807) is 79.4 Å². The van der Waals surface area contributed by atoms with E-state index in [1.165, 1.54) is 0 Å². The van der Waals surface area contributed by atoms with Crippen molar-refractivity contribution in [1.29, 1.82) is 0 Å². The van der Waals surface area contributed by atoms with Gasteiger partial charge in [0, 0.05) is 10.7 Å². The van der Waals surface area contributed by atoms with E-state index >= 15 is 0 Å². The molecule has 2 amide bonds. The summed E-state index contributed by atoms with van der Waals surface area (Å²) in [6.45, 7) is 1.75. The molecule has 0 bridgehead atoms. The Bertz CT molecular complexity index is 1300. The smallest absolute Gasteiger partial charge is 0.278 e. The summed E-state index contributed by atoms with van der Waals surface area (Å²) in [5, 5.41) is 14.3. The summed E-state index contributed by atoms with van der Waals surface area (Å²) >= 11 is 5.89. The van der Waals surface area contributed by atoms with E-state index in [0.29, 0.717) is 33.4 Å². The maximum atomic E-state index is 13.0. The number of anilines is 2. The van der Waals surface area contributed by atoms with Gasteiger partial charge in [0.25, 0.3) is 11.8 Å². The van der Waals surface area contributed by atoms with Crippen LogP contribution in [0.4, 0.5) is 11.4 Å². The Hall–Kier alpha value is -4.17. The third-order valence-corrected chi connectivity index (χ3v) is 5.20. The molecule has 166 valence electrons. The van der Waals surface area contributed by atoms with Crippen LogP contribution in [0.25, 0.3) is 5.69 Å². The molecule has 4 aromatic rings. The topological polar surface area (TPSA) is 98.1 Å². The molecule has 0 saturated carbocycles. The van der Waals surface area contributed by atoms with E-state index in [4.69, 9.17) is 16.3 Å². The van der Waals surface area contributed by atoms with Crippen molar-refractivity contribution in [2.24, 2.45) is 0 Å². The van der Waals surface area contributed by atoms with Gasteiger partial charge in [0.2, 0.25) is 0 Å². The van der Waals surface area contributed by atoms with E-state index in [1.807, 2.05) is 12.1 Å². The van der Waals surface area contributed by atoms with E-state index < -0.39 is 5.91 Å². The quantitative estimate of drug-likeness (QED) is 0.432. The van der Waals surface area contributed by atoms with Gasteiger partial charge in [-0.15, -0.1) is 5.10 Å². The fourth-order valence-corrected chi connectivity index (χ4v) is 3.34. The third-order valence-electron chi connectivity index (χ3n) is 4.95. The monoisotopic (exact) mass is 461 g/mol. The Morgan fingerprint density at radius 2 is 1.61 bits per heavy atom. The first-order chi connectivity index (χ1) is 16.0. The van der Waals surface area contributed by atoms with Gasteiger partial charge in [0.15, 0.2) is 5.69 Å². The molecule has 0 spiro atoms. The standard InChI is InChI=1S/C24H20ClN5O3/c1-15-22(28-29-30(15)18-11-13-19(33-2)14-12-18)24(32)27-21-6-4-3-5-20(21)23(31)26-17-9-7-16(25)8-10-17/h3-14H,1-2H3,(H,26,31)(H,27,32). The predicted molar refractivity (Wildman–Crippen MR) is 126 cm³/mol. The van der Waals surface area contributed by atoms with E-state index in [-0.39, 0.29) is 11.6 Å². The van der Waals surface area contributed by atoms with Crippen molar-refractivity contribution in [3.05, 3.63) is 94.8 Å². The molecule has 2 N–H and O–H groups in total. The van der Waals surface area contributed by atoms with Gasteiger partial charge in [-0.1, -0.05) is 28.9 Å². The Kier molecular flexibility index (Phi) is 6.37. The van der Waals surface area contributed by atoms with Crippen molar-refractivity contribution in [2.75, 3.05) is 17.7 Å². The maximum absolute atomic E-state index is 13.0. The van der Waals surface area contributed by atoms with Crippen LogP contribution < -0.4 is 15.4 Å². The highest BCUT2D eigenvalue weighted by Crippen LogP contribution is 2.21. The molecular weight excluding hydrogens is 442 g/mol. The van der Waals surface area contributed by atoms with Gasteiger partial charge in [0.05, 0.1) is 29.7 Å². The van der Waals surface area contributed by atoms with Crippen LogP contribution in [0.15, 0.2) is 72.8 Å². The van der Waals surface area contributed by atoms with Crippen LogP contribution in [0.1, 0.15) is 26.5 Å². The zero-order chi connectivity index (χ0) is 23.4. The highest BCUT2D eigenvalue weighted by molar-refractivity contribution is 6.30. The molecule has 4 rings (SSSR count). The van der Waals surface area contributed by atoms with Gasteiger partial charge in [0.1, 0.15) is 5.75 Å². The second-order valence-electron chi connectivity index (χ2n) is 7.09. The molecular formula is C24H20ClN5O3. The number of carbonyl (C=O) groups is 2. The Morgan fingerprint density at radius 1 is 0.909 bits per heavy atom. The molecule has 0 aliphatic carbocycles. The van der Waals surface area contributed by atoms with Crippen LogP contribution in [-0.2, 0) is 0 Å². The summed E-state index contributed by atoms with van der Waals surface area (Å²) in [7, 11) is 1.59. The SMILES string of the molecule is COc1ccc(-n2nnc(C(=O)Nc3ccccc3C(=O)Nc3ccc(Cl)cc3)c2C)cc1. The molecule has 33 heavy (non-hydrogen) atoms. The summed E-state index contributed by atoms with van der Waals surface area (Å²) in [5.74, 6) is -0.131. The molecule has 0 radical (unpaired) electrons. The van der Waals surface area contributed by atoms with Crippen LogP contribution in [-0.4, -0.2) is 33.9 Å². The average Bonchev–Trinajstić information content (AvgIpc) is 3.22. The summed E-state index contributed by atoms with van der Waals surface area (Å²) in [4.78, 5) is 25.8. The van der Waals surface area contributed by atoms with Crippen molar-refractivity contribution in [3.63, 3.8) is 0 Å². The van der Waals surface area contributed by atoms with Crippen molar-refractivity contribution in [2.45, 2.75) is 6.92 Å². The van der Waals surface area contributed by atoms with Gasteiger partial charge >= 0.3 is 0 Å². The predicted octanol–water partition coefficient (Wildman–Crippen LogP) is 4.74. The van der Waals surface area contributed by atoms with Crippen molar-refractivity contribution < 1.29 is 14.3 Å². The lowest BCUT2D eigenvalue weighted by Crippen LogP contribution is -2.19. The minimum Gasteiger partial charge on any atom is -0.497 e. The lowest BCUT2D eigenvalue weighted by Gasteiger charge is -2.11. The number of nitrogens with zero attached hydrogens (tertiary/aromatic N) is 3. The van der Waals surface area contributed by atoms with Crippen molar-refractivity contribution in [3.8, 4) is 11.4 Å². The fourth-order valence-electron chi connectivity index (χ4n) is 3.21. The molecule has 0 aliphatic heterocycles. The van der Waals surface area contributed by atoms with Crippen LogP contribution in [0, 0.1) is 6.92 Å². The van der Waals surface area contributed by atoms with Crippen LogP contribution in [0.5, 0.6) is 5.75 Å². The highest BCUT2D eigenvalue weighted by atomic mass is 35.5. The summed E-state index contributed by atoms with van der Waals surface area (Å²) in [5.41, 5.74) is 2.69. The number of halogens is 1. The lowest BCUT2D eigenvalue weighted by molar-refractivity contribution is 0.102. The van der Waals surface area contributed by atoms with Crippen LogP contribution in [0.2, 0.25) is 5.02 Å². The highest BCUT2D eigenvalue weighted by Gasteiger charge is 2.20. The number of nitrogens with one attached hydrogen (secondary N) is 2. The zero-order valence-corrected chi connectivity index (χ0v) is 18.6. The van der Waals surface area contributed by atoms with E-state index in [0.717, 1.165) is 5.69 Å². The van der Waals surface area contributed by atoms with Gasteiger partial charge < -0.3 is 15.4 Å². The number of carbonyl (C=O) groups excluding carboxylic acids is 2. The molecule has 3 aromatic carbocycles. The number of amides is 2. The number of benzene rings is 3. The number of aromatic nitrogens is 3. The third kappa shape index (κ3) is 4.86.